The minimum atomic E-state index is 0.658. The lowest BCUT2D eigenvalue weighted by atomic mass is 10.0. The highest BCUT2D eigenvalue weighted by molar-refractivity contribution is 5.44. The predicted octanol–water partition coefficient (Wildman–Crippen LogP) is 3.05. The van der Waals surface area contributed by atoms with Gasteiger partial charge in [0.05, 0.1) is 0 Å². The van der Waals surface area contributed by atoms with Crippen molar-refractivity contribution in [3.63, 3.8) is 0 Å². The number of hydrogen-bond acceptors (Lipinski definition) is 2. The molecule has 1 aromatic rings. The van der Waals surface area contributed by atoms with E-state index in [1.165, 1.54) is 37.1 Å². The molecule has 1 aromatic carbocycles. The summed E-state index contributed by atoms with van der Waals surface area (Å²) in [5, 5.41) is 7.01. The van der Waals surface area contributed by atoms with Crippen LogP contribution in [0.3, 0.4) is 0 Å². The van der Waals surface area contributed by atoms with Crippen molar-refractivity contribution in [2.75, 3.05) is 18.4 Å². The minimum absolute atomic E-state index is 0.658. The van der Waals surface area contributed by atoms with Crippen LogP contribution in [0.4, 0.5) is 5.69 Å². The molecule has 2 N–H and O–H groups in total. The SMILES string of the molecule is CC(C)Cc1ccc(NCC2CCCN2)cc1. The zero-order valence-corrected chi connectivity index (χ0v) is 11.0. The van der Waals surface area contributed by atoms with Crippen molar-refractivity contribution in [1.82, 2.24) is 5.32 Å². The van der Waals surface area contributed by atoms with Crippen molar-refractivity contribution >= 4 is 5.69 Å². The highest BCUT2D eigenvalue weighted by atomic mass is 15.0. The van der Waals surface area contributed by atoms with Crippen LogP contribution >= 0.6 is 0 Å². The van der Waals surface area contributed by atoms with Gasteiger partial charge in [-0.25, -0.2) is 0 Å². The molecule has 0 aliphatic carbocycles. The van der Waals surface area contributed by atoms with Crippen molar-refractivity contribution in [3.05, 3.63) is 29.8 Å². The van der Waals surface area contributed by atoms with E-state index in [1.807, 2.05) is 0 Å². The van der Waals surface area contributed by atoms with Gasteiger partial charge < -0.3 is 10.6 Å². The molecule has 0 saturated carbocycles. The molecular formula is C15H24N2. The third-order valence-electron chi connectivity index (χ3n) is 3.31. The zero-order valence-electron chi connectivity index (χ0n) is 11.0. The van der Waals surface area contributed by atoms with E-state index in [4.69, 9.17) is 0 Å². The maximum Gasteiger partial charge on any atom is 0.0340 e. The predicted molar refractivity (Wildman–Crippen MR) is 74.5 cm³/mol. The standard InChI is InChI=1S/C15H24N2/c1-12(2)10-13-5-7-14(8-6-13)17-11-15-4-3-9-16-15/h5-8,12,15-17H,3-4,9-11H2,1-2H3. The van der Waals surface area contributed by atoms with Crippen LogP contribution in [0.5, 0.6) is 0 Å². The number of rotatable bonds is 5. The lowest BCUT2D eigenvalue weighted by molar-refractivity contribution is 0.633. The average Bonchev–Trinajstić information content (AvgIpc) is 2.80. The van der Waals surface area contributed by atoms with Crippen molar-refractivity contribution in [1.29, 1.82) is 0 Å². The van der Waals surface area contributed by atoms with Gasteiger partial charge in [0.1, 0.15) is 0 Å². The number of benzene rings is 1. The van der Waals surface area contributed by atoms with Crippen LogP contribution < -0.4 is 10.6 Å². The van der Waals surface area contributed by atoms with Gasteiger partial charge in [0.25, 0.3) is 0 Å². The fourth-order valence-corrected chi connectivity index (χ4v) is 2.40. The van der Waals surface area contributed by atoms with E-state index in [1.54, 1.807) is 0 Å². The zero-order chi connectivity index (χ0) is 12.1. The molecule has 94 valence electrons. The molecule has 0 radical (unpaired) electrons. The Morgan fingerprint density at radius 2 is 2.06 bits per heavy atom. The van der Waals surface area contributed by atoms with Crippen LogP contribution in [0.2, 0.25) is 0 Å². The van der Waals surface area contributed by atoms with E-state index in [2.05, 4.69) is 48.7 Å². The van der Waals surface area contributed by atoms with Gasteiger partial charge in [-0.2, -0.15) is 0 Å². The molecule has 1 fully saturated rings. The van der Waals surface area contributed by atoms with Crippen molar-refractivity contribution in [2.24, 2.45) is 5.92 Å². The van der Waals surface area contributed by atoms with E-state index in [0.717, 1.165) is 12.5 Å². The number of anilines is 1. The monoisotopic (exact) mass is 232 g/mol. The van der Waals surface area contributed by atoms with Gasteiger partial charge in [0, 0.05) is 18.3 Å². The maximum absolute atomic E-state index is 3.50. The first kappa shape index (κ1) is 12.4. The summed E-state index contributed by atoms with van der Waals surface area (Å²) in [6.07, 6.45) is 3.79. The van der Waals surface area contributed by atoms with Crippen LogP contribution in [-0.2, 0) is 6.42 Å². The quantitative estimate of drug-likeness (QED) is 0.815. The molecule has 1 aliphatic rings. The molecule has 1 unspecified atom stereocenters. The fourth-order valence-electron chi connectivity index (χ4n) is 2.40. The lowest BCUT2D eigenvalue weighted by Gasteiger charge is -2.13. The summed E-state index contributed by atoms with van der Waals surface area (Å²) >= 11 is 0. The first-order chi connectivity index (χ1) is 8.24. The maximum atomic E-state index is 3.50. The highest BCUT2D eigenvalue weighted by Gasteiger charge is 2.12. The Balaban J connectivity index is 1.80. The topological polar surface area (TPSA) is 24.1 Å². The molecule has 2 nitrogen and oxygen atoms in total. The summed E-state index contributed by atoms with van der Waals surface area (Å²) in [6.45, 7) is 6.75. The average molecular weight is 232 g/mol. The molecule has 0 amide bonds. The smallest absolute Gasteiger partial charge is 0.0340 e. The summed E-state index contributed by atoms with van der Waals surface area (Å²) in [5.41, 5.74) is 2.68. The second-order valence-electron chi connectivity index (χ2n) is 5.47. The largest absolute Gasteiger partial charge is 0.383 e. The molecule has 0 spiro atoms. The molecule has 17 heavy (non-hydrogen) atoms. The molecule has 0 aromatic heterocycles. The van der Waals surface area contributed by atoms with E-state index in [-0.39, 0.29) is 0 Å². The van der Waals surface area contributed by atoms with Gasteiger partial charge in [-0.1, -0.05) is 26.0 Å². The van der Waals surface area contributed by atoms with Crippen LogP contribution in [0.25, 0.3) is 0 Å². The van der Waals surface area contributed by atoms with Gasteiger partial charge >= 0.3 is 0 Å². The Hall–Kier alpha value is -1.02. The van der Waals surface area contributed by atoms with Crippen LogP contribution in [0.15, 0.2) is 24.3 Å². The van der Waals surface area contributed by atoms with E-state index in [0.29, 0.717) is 6.04 Å². The van der Waals surface area contributed by atoms with E-state index in [9.17, 15) is 0 Å². The molecule has 1 atom stereocenters. The Bertz CT molecular complexity index is 323. The molecule has 0 bridgehead atoms. The Morgan fingerprint density at radius 3 is 2.65 bits per heavy atom. The van der Waals surface area contributed by atoms with E-state index >= 15 is 0 Å². The number of nitrogens with one attached hydrogen (secondary N) is 2. The minimum Gasteiger partial charge on any atom is -0.383 e. The highest BCUT2D eigenvalue weighted by Crippen LogP contribution is 2.14. The summed E-state index contributed by atoms with van der Waals surface area (Å²) in [4.78, 5) is 0. The third-order valence-corrected chi connectivity index (χ3v) is 3.31. The van der Waals surface area contributed by atoms with Crippen molar-refractivity contribution in [2.45, 2.75) is 39.2 Å². The van der Waals surface area contributed by atoms with Gasteiger partial charge in [0.15, 0.2) is 0 Å². The Labute approximate surface area is 105 Å². The number of hydrogen-bond donors (Lipinski definition) is 2. The van der Waals surface area contributed by atoms with Gasteiger partial charge in [0.2, 0.25) is 0 Å². The van der Waals surface area contributed by atoms with Gasteiger partial charge in [-0.15, -0.1) is 0 Å². The fraction of sp³-hybridized carbons (Fsp3) is 0.600. The van der Waals surface area contributed by atoms with Gasteiger partial charge in [-0.05, 0) is 49.4 Å². The summed E-state index contributed by atoms with van der Waals surface area (Å²) in [7, 11) is 0. The summed E-state index contributed by atoms with van der Waals surface area (Å²) < 4.78 is 0. The molecule has 2 heteroatoms. The van der Waals surface area contributed by atoms with Gasteiger partial charge in [-0.3, -0.25) is 0 Å². The normalized spacial score (nSPS) is 19.8. The first-order valence-electron chi connectivity index (χ1n) is 6.80. The molecule has 1 aliphatic heterocycles. The van der Waals surface area contributed by atoms with Crippen LogP contribution in [-0.4, -0.2) is 19.1 Å². The third kappa shape index (κ3) is 4.04. The van der Waals surface area contributed by atoms with Crippen LogP contribution in [0.1, 0.15) is 32.3 Å². The molecule has 1 saturated heterocycles. The van der Waals surface area contributed by atoms with E-state index < -0.39 is 0 Å². The van der Waals surface area contributed by atoms with Crippen LogP contribution in [0, 0.1) is 5.92 Å². The summed E-state index contributed by atoms with van der Waals surface area (Å²) in [5.74, 6) is 0.733. The Morgan fingerprint density at radius 1 is 1.29 bits per heavy atom. The van der Waals surface area contributed by atoms with Crippen molar-refractivity contribution in [3.8, 4) is 0 Å². The molecular weight excluding hydrogens is 208 g/mol. The second kappa shape index (κ2) is 6.06. The summed E-state index contributed by atoms with van der Waals surface area (Å²) in [6, 6.07) is 9.54. The molecule has 2 rings (SSSR count). The lowest BCUT2D eigenvalue weighted by Crippen LogP contribution is -2.29. The first-order valence-corrected chi connectivity index (χ1v) is 6.80. The molecule has 1 heterocycles. The van der Waals surface area contributed by atoms with Crippen molar-refractivity contribution < 1.29 is 0 Å². The Kier molecular flexibility index (Phi) is 4.43. The second-order valence-corrected chi connectivity index (χ2v) is 5.47.